The van der Waals surface area contributed by atoms with E-state index in [1.165, 1.54) is 0 Å². The molecule has 0 radical (unpaired) electrons. The quantitative estimate of drug-likeness (QED) is 0.580. The van der Waals surface area contributed by atoms with Gasteiger partial charge >= 0.3 is 5.69 Å². The van der Waals surface area contributed by atoms with Crippen LogP contribution in [0.3, 0.4) is 0 Å². The molecule has 112 valence electrons. The minimum absolute atomic E-state index is 0.0911. The number of para-hydroxylation sites is 1. The number of rotatable bonds is 7. The highest BCUT2D eigenvalue weighted by Gasteiger charge is 2.30. The molecule has 2 N–H and O–H groups in total. The lowest BCUT2D eigenvalue weighted by Crippen LogP contribution is -2.33. The molecule has 0 aromatic heterocycles. The van der Waals surface area contributed by atoms with Gasteiger partial charge in [0, 0.05) is 12.6 Å². The summed E-state index contributed by atoms with van der Waals surface area (Å²) in [6, 6.07) is 2.36. The minimum Gasteiger partial charge on any atom is -0.396 e. The number of sulfonamides is 1. The van der Waals surface area contributed by atoms with Crippen molar-refractivity contribution in [1.82, 2.24) is 4.72 Å². The summed E-state index contributed by atoms with van der Waals surface area (Å²) in [5.74, 6) is -1.21. The molecule has 20 heavy (non-hydrogen) atoms. The summed E-state index contributed by atoms with van der Waals surface area (Å²) >= 11 is 0. The Balaban J connectivity index is 3.10. The molecule has 0 spiro atoms. The Kier molecular flexibility index (Phi) is 5.54. The van der Waals surface area contributed by atoms with Crippen LogP contribution in [0.1, 0.15) is 19.8 Å². The zero-order valence-corrected chi connectivity index (χ0v) is 11.6. The van der Waals surface area contributed by atoms with Gasteiger partial charge in [-0.2, -0.15) is 4.39 Å². The van der Waals surface area contributed by atoms with Gasteiger partial charge in [0.05, 0.1) is 4.92 Å². The van der Waals surface area contributed by atoms with Gasteiger partial charge in [-0.05, 0) is 31.9 Å². The van der Waals surface area contributed by atoms with Crippen molar-refractivity contribution in [3.8, 4) is 0 Å². The van der Waals surface area contributed by atoms with Crippen molar-refractivity contribution < 1.29 is 22.8 Å². The van der Waals surface area contributed by atoms with Crippen LogP contribution in [0, 0.1) is 15.9 Å². The summed E-state index contributed by atoms with van der Waals surface area (Å²) in [5.41, 5.74) is -1.07. The Morgan fingerprint density at radius 1 is 1.50 bits per heavy atom. The molecule has 0 saturated heterocycles. The predicted octanol–water partition coefficient (Wildman–Crippen LogP) is 1.17. The normalized spacial score (nSPS) is 13.2. The standard InChI is InChI=1S/C11H15FN2O5S/c1-8(4-3-7-15)13-20(18,19)10-6-2-5-9(12)11(10)14(16)17/h2,5-6,8,13,15H,3-4,7H2,1H3. The highest BCUT2D eigenvalue weighted by molar-refractivity contribution is 7.89. The molecule has 1 atom stereocenters. The number of benzene rings is 1. The number of nitro benzene ring substituents is 1. The van der Waals surface area contributed by atoms with E-state index in [9.17, 15) is 22.9 Å². The van der Waals surface area contributed by atoms with Crippen LogP contribution in [0.5, 0.6) is 0 Å². The van der Waals surface area contributed by atoms with E-state index in [2.05, 4.69) is 4.72 Å². The van der Waals surface area contributed by atoms with Crippen molar-refractivity contribution >= 4 is 15.7 Å². The van der Waals surface area contributed by atoms with E-state index in [1.54, 1.807) is 6.92 Å². The number of nitro groups is 1. The van der Waals surface area contributed by atoms with Crippen LogP contribution in [-0.2, 0) is 10.0 Å². The maximum absolute atomic E-state index is 13.4. The van der Waals surface area contributed by atoms with E-state index in [1.807, 2.05) is 0 Å². The van der Waals surface area contributed by atoms with Crippen molar-refractivity contribution in [2.75, 3.05) is 6.61 Å². The SMILES string of the molecule is CC(CCCO)NS(=O)(=O)c1cccc(F)c1[N+](=O)[O-]. The molecule has 0 fully saturated rings. The Labute approximate surface area is 115 Å². The molecule has 0 bridgehead atoms. The van der Waals surface area contributed by atoms with Crippen LogP contribution in [0.25, 0.3) is 0 Å². The number of nitrogens with one attached hydrogen (secondary N) is 1. The van der Waals surface area contributed by atoms with Crippen molar-refractivity contribution in [3.05, 3.63) is 34.1 Å². The van der Waals surface area contributed by atoms with Crippen molar-refractivity contribution in [2.24, 2.45) is 0 Å². The fourth-order valence-electron chi connectivity index (χ4n) is 1.67. The second-order valence-electron chi connectivity index (χ2n) is 4.23. The van der Waals surface area contributed by atoms with Crippen LogP contribution in [-0.4, -0.2) is 31.1 Å². The third-order valence-electron chi connectivity index (χ3n) is 2.57. The maximum Gasteiger partial charge on any atom is 0.324 e. The van der Waals surface area contributed by atoms with E-state index >= 15 is 0 Å². The second-order valence-corrected chi connectivity index (χ2v) is 5.91. The van der Waals surface area contributed by atoms with Gasteiger partial charge < -0.3 is 5.11 Å². The highest BCUT2D eigenvalue weighted by atomic mass is 32.2. The first-order valence-electron chi connectivity index (χ1n) is 5.85. The molecular weight excluding hydrogens is 291 g/mol. The lowest BCUT2D eigenvalue weighted by molar-refractivity contribution is -0.390. The summed E-state index contributed by atoms with van der Waals surface area (Å²) in [7, 11) is -4.20. The van der Waals surface area contributed by atoms with Gasteiger partial charge in [-0.25, -0.2) is 13.1 Å². The van der Waals surface area contributed by atoms with Crippen LogP contribution < -0.4 is 4.72 Å². The molecular formula is C11H15FN2O5S. The number of hydrogen-bond donors (Lipinski definition) is 2. The fourth-order valence-corrected chi connectivity index (χ4v) is 3.13. The third kappa shape index (κ3) is 3.95. The van der Waals surface area contributed by atoms with E-state index in [0.29, 0.717) is 12.8 Å². The lowest BCUT2D eigenvalue weighted by atomic mass is 10.2. The molecule has 1 aromatic carbocycles. The lowest BCUT2D eigenvalue weighted by Gasteiger charge is -2.13. The summed E-state index contributed by atoms with van der Waals surface area (Å²) in [4.78, 5) is 9.01. The van der Waals surface area contributed by atoms with Crippen molar-refractivity contribution in [2.45, 2.75) is 30.7 Å². The summed E-state index contributed by atoms with van der Waals surface area (Å²) in [5, 5.41) is 19.5. The summed E-state index contributed by atoms with van der Waals surface area (Å²) in [6.07, 6.45) is 0.744. The Morgan fingerprint density at radius 3 is 2.70 bits per heavy atom. The summed E-state index contributed by atoms with van der Waals surface area (Å²) in [6.45, 7) is 1.46. The number of hydrogen-bond acceptors (Lipinski definition) is 5. The van der Waals surface area contributed by atoms with Crippen molar-refractivity contribution in [3.63, 3.8) is 0 Å². The van der Waals surface area contributed by atoms with Crippen LogP contribution in [0.2, 0.25) is 0 Å². The molecule has 1 unspecified atom stereocenters. The van der Waals surface area contributed by atoms with Gasteiger partial charge in [0.1, 0.15) is 0 Å². The minimum atomic E-state index is -4.20. The first-order chi connectivity index (χ1) is 9.29. The highest BCUT2D eigenvalue weighted by Crippen LogP contribution is 2.26. The Bertz CT molecular complexity index is 590. The molecule has 0 aliphatic carbocycles. The molecule has 0 aliphatic rings. The average molecular weight is 306 g/mol. The Hall–Kier alpha value is -1.58. The van der Waals surface area contributed by atoms with E-state index in [0.717, 1.165) is 18.2 Å². The van der Waals surface area contributed by atoms with Gasteiger partial charge in [-0.3, -0.25) is 10.1 Å². The molecule has 1 rings (SSSR count). The van der Waals surface area contributed by atoms with Gasteiger partial charge in [-0.1, -0.05) is 6.07 Å². The zero-order chi connectivity index (χ0) is 15.3. The average Bonchev–Trinajstić information content (AvgIpc) is 2.35. The van der Waals surface area contributed by atoms with Crippen LogP contribution in [0.15, 0.2) is 23.1 Å². The Morgan fingerprint density at radius 2 is 2.15 bits per heavy atom. The predicted molar refractivity (Wildman–Crippen MR) is 69.2 cm³/mol. The van der Waals surface area contributed by atoms with Crippen molar-refractivity contribution in [1.29, 1.82) is 0 Å². The molecule has 0 amide bonds. The van der Waals surface area contributed by atoms with E-state index < -0.39 is 37.4 Å². The monoisotopic (exact) mass is 306 g/mol. The van der Waals surface area contributed by atoms with Gasteiger partial charge in [0.25, 0.3) is 0 Å². The number of aliphatic hydroxyl groups excluding tert-OH is 1. The third-order valence-corrected chi connectivity index (χ3v) is 4.19. The number of aliphatic hydroxyl groups is 1. The topological polar surface area (TPSA) is 110 Å². The van der Waals surface area contributed by atoms with Gasteiger partial charge in [0.2, 0.25) is 15.8 Å². The van der Waals surface area contributed by atoms with Crippen LogP contribution >= 0.6 is 0 Å². The number of nitrogens with zero attached hydrogens (tertiary/aromatic N) is 1. The first kappa shape index (κ1) is 16.5. The van der Waals surface area contributed by atoms with Gasteiger partial charge in [0.15, 0.2) is 4.90 Å². The van der Waals surface area contributed by atoms with Gasteiger partial charge in [-0.15, -0.1) is 0 Å². The molecule has 0 heterocycles. The second kappa shape index (κ2) is 6.73. The first-order valence-corrected chi connectivity index (χ1v) is 7.34. The smallest absolute Gasteiger partial charge is 0.324 e. The van der Waals surface area contributed by atoms with E-state index in [-0.39, 0.29) is 6.61 Å². The van der Waals surface area contributed by atoms with Crippen LogP contribution in [0.4, 0.5) is 10.1 Å². The maximum atomic E-state index is 13.4. The van der Waals surface area contributed by atoms with E-state index in [4.69, 9.17) is 5.11 Å². The molecule has 0 aliphatic heterocycles. The largest absolute Gasteiger partial charge is 0.396 e. The molecule has 9 heteroatoms. The molecule has 0 saturated carbocycles. The molecule has 1 aromatic rings. The molecule has 7 nitrogen and oxygen atoms in total. The number of halogens is 1. The summed E-state index contributed by atoms with van der Waals surface area (Å²) < 4.78 is 39.7. The fraction of sp³-hybridized carbons (Fsp3) is 0.455. The zero-order valence-electron chi connectivity index (χ0n) is 10.7.